The van der Waals surface area contributed by atoms with E-state index in [0.29, 0.717) is 12.8 Å². The SMILES string of the molecule is CCCCCCCCCCCCCCCCCC/C=C/CCCC(O)C(O)C(CO)NC(=O)CCCCCCCCCCCCCCCCCCCCCCCCCCCCCC. The molecule has 0 aliphatic carbocycles. The summed E-state index contributed by atoms with van der Waals surface area (Å²) in [5.74, 6) is -0.146. The summed E-state index contributed by atoms with van der Waals surface area (Å²) in [6.45, 7) is 4.21. The van der Waals surface area contributed by atoms with Gasteiger partial charge in [0, 0.05) is 6.42 Å². The minimum atomic E-state index is -1.16. The van der Waals surface area contributed by atoms with E-state index in [1.165, 1.54) is 263 Å². The summed E-state index contributed by atoms with van der Waals surface area (Å²) in [4.78, 5) is 12.5. The molecule has 3 unspecified atom stereocenters. The van der Waals surface area contributed by atoms with Crippen molar-refractivity contribution in [2.45, 2.75) is 347 Å². The molecule has 1 amide bonds. The molecule has 3 atom stereocenters. The van der Waals surface area contributed by atoms with E-state index in [0.717, 1.165) is 38.5 Å². The average molecular weight is 891 g/mol. The lowest BCUT2D eigenvalue weighted by Crippen LogP contribution is -2.50. The molecule has 376 valence electrons. The smallest absolute Gasteiger partial charge is 0.220 e. The Kier molecular flexibility index (Phi) is 52.9. The summed E-state index contributed by atoms with van der Waals surface area (Å²) in [5, 5.41) is 33.8. The van der Waals surface area contributed by atoms with Gasteiger partial charge in [-0.2, -0.15) is 0 Å². The van der Waals surface area contributed by atoms with Crippen molar-refractivity contribution >= 4 is 5.91 Å². The molecule has 5 nitrogen and oxygen atoms in total. The first-order valence-corrected chi connectivity index (χ1v) is 29.0. The van der Waals surface area contributed by atoms with E-state index in [-0.39, 0.29) is 12.5 Å². The van der Waals surface area contributed by atoms with Gasteiger partial charge in [-0.25, -0.2) is 0 Å². The lowest BCUT2D eigenvalue weighted by atomic mass is 10.0. The fraction of sp³-hybridized carbons (Fsp3) is 0.948. The molecule has 4 N–H and O–H groups in total. The van der Waals surface area contributed by atoms with Crippen molar-refractivity contribution < 1.29 is 20.1 Å². The maximum Gasteiger partial charge on any atom is 0.220 e. The number of rotatable bonds is 54. The zero-order valence-electron chi connectivity index (χ0n) is 43.0. The second kappa shape index (κ2) is 53.7. The molecular weight excluding hydrogens is 775 g/mol. The number of nitrogens with one attached hydrogen (secondary N) is 1. The van der Waals surface area contributed by atoms with Crippen molar-refractivity contribution in [3.63, 3.8) is 0 Å². The van der Waals surface area contributed by atoms with Gasteiger partial charge in [0.05, 0.1) is 18.8 Å². The molecule has 0 aliphatic heterocycles. The quantitative estimate of drug-likeness (QED) is 0.0362. The topological polar surface area (TPSA) is 89.8 Å². The second-order valence-electron chi connectivity index (χ2n) is 20.2. The van der Waals surface area contributed by atoms with E-state index in [1.54, 1.807) is 0 Å². The molecule has 0 bridgehead atoms. The predicted molar refractivity (Wildman–Crippen MR) is 278 cm³/mol. The second-order valence-corrected chi connectivity index (χ2v) is 20.2. The van der Waals surface area contributed by atoms with Crippen molar-refractivity contribution in [1.82, 2.24) is 5.32 Å². The Morgan fingerprint density at radius 2 is 0.635 bits per heavy atom. The Bertz CT molecular complexity index is 894. The third-order valence-electron chi connectivity index (χ3n) is 13.9. The van der Waals surface area contributed by atoms with Gasteiger partial charge in [-0.15, -0.1) is 0 Å². The Labute approximate surface area is 395 Å². The standard InChI is InChI=1S/C58H115NO4/c1-3-5-7-9-11-13-15-17-19-21-23-25-26-27-28-29-30-31-33-35-37-39-41-43-45-47-49-51-53-57(62)59-55(54-60)58(63)56(61)52-50-48-46-44-42-40-38-36-34-32-24-22-20-18-16-14-12-10-8-6-4-2/h44,46,55-56,58,60-61,63H,3-43,45,47-54H2,1-2H3,(H,59,62)/b46-44+. The summed E-state index contributed by atoms with van der Waals surface area (Å²) in [5.41, 5.74) is 0. The molecule has 0 aromatic heterocycles. The third kappa shape index (κ3) is 48.8. The molecular formula is C58H115NO4. The first kappa shape index (κ1) is 62.1. The van der Waals surface area contributed by atoms with E-state index in [2.05, 4.69) is 31.3 Å². The molecule has 0 spiro atoms. The number of amides is 1. The molecule has 0 fully saturated rings. The molecule has 0 rings (SSSR count). The van der Waals surface area contributed by atoms with E-state index in [9.17, 15) is 20.1 Å². The highest BCUT2D eigenvalue weighted by molar-refractivity contribution is 5.76. The molecule has 0 aliphatic rings. The molecule has 0 aromatic rings. The lowest BCUT2D eigenvalue weighted by molar-refractivity contribution is -0.124. The molecule has 0 aromatic carbocycles. The van der Waals surface area contributed by atoms with E-state index in [1.807, 2.05) is 0 Å². The van der Waals surface area contributed by atoms with Crippen molar-refractivity contribution in [3.05, 3.63) is 12.2 Å². The van der Waals surface area contributed by atoms with Gasteiger partial charge in [-0.1, -0.05) is 296 Å². The van der Waals surface area contributed by atoms with Gasteiger partial charge in [0.1, 0.15) is 6.10 Å². The van der Waals surface area contributed by atoms with Crippen LogP contribution in [0.4, 0.5) is 0 Å². The van der Waals surface area contributed by atoms with Crippen LogP contribution in [0.3, 0.4) is 0 Å². The largest absolute Gasteiger partial charge is 0.394 e. The van der Waals surface area contributed by atoms with Crippen molar-refractivity contribution in [3.8, 4) is 0 Å². The molecule has 0 heterocycles. The van der Waals surface area contributed by atoms with Gasteiger partial charge >= 0.3 is 0 Å². The number of aliphatic hydroxyl groups is 3. The molecule has 0 radical (unpaired) electrons. The normalized spacial score (nSPS) is 13.3. The highest BCUT2D eigenvalue weighted by Gasteiger charge is 2.26. The van der Waals surface area contributed by atoms with Gasteiger partial charge in [0.25, 0.3) is 0 Å². The summed E-state index contributed by atoms with van der Waals surface area (Å²) in [6.07, 6.45) is 66.6. The van der Waals surface area contributed by atoms with Crippen molar-refractivity contribution in [2.24, 2.45) is 0 Å². The number of allylic oxidation sites excluding steroid dienone is 2. The van der Waals surface area contributed by atoms with Crippen LogP contribution in [-0.2, 0) is 4.79 Å². The molecule has 63 heavy (non-hydrogen) atoms. The Hall–Kier alpha value is -0.910. The van der Waals surface area contributed by atoms with Crippen LogP contribution in [0.5, 0.6) is 0 Å². The van der Waals surface area contributed by atoms with Crippen LogP contribution >= 0.6 is 0 Å². The third-order valence-corrected chi connectivity index (χ3v) is 13.9. The summed E-state index contributed by atoms with van der Waals surface area (Å²) < 4.78 is 0. The first-order valence-electron chi connectivity index (χ1n) is 29.0. The van der Waals surface area contributed by atoms with E-state index in [4.69, 9.17) is 0 Å². The Morgan fingerprint density at radius 3 is 0.921 bits per heavy atom. The number of carbonyl (C=O) groups is 1. The van der Waals surface area contributed by atoms with E-state index < -0.39 is 18.2 Å². The Morgan fingerprint density at radius 1 is 0.381 bits per heavy atom. The number of hydrogen-bond acceptors (Lipinski definition) is 4. The average Bonchev–Trinajstić information content (AvgIpc) is 3.29. The monoisotopic (exact) mass is 890 g/mol. The first-order chi connectivity index (χ1) is 31.1. The minimum absolute atomic E-state index is 0.146. The number of unbranched alkanes of at least 4 members (excludes halogenated alkanes) is 44. The number of aliphatic hydroxyl groups excluding tert-OH is 3. The van der Waals surface area contributed by atoms with Crippen LogP contribution in [-0.4, -0.2) is 46.1 Å². The number of carbonyl (C=O) groups excluding carboxylic acids is 1. The van der Waals surface area contributed by atoms with Crippen molar-refractivity contribution in [1.29, 1.82) is 0 Å². The zero-order valence-corrected chi connectivity index (χ0v) is 43.0. The van der Waals surface area contributed by atoms with Crippen LogP contribution in [0.2, 0.25) is 0 Å². The lowest BCUT2D eigenvalue weighted by Gasteiger charge is -2.26. The Balaban J connectivity index is 3.51. The van der Waals surface area contributed by atoms with Crippen LogP contribution in [0.1, 0.15) is 328 Å². The van der Waals surface area contributed by atoms with Crippen LogP contribution in [0, 0.1) is 0 Å². The minimum Gasteiger partial charge on any atom is -0.394 e. The summed E-state index contributed by atoms with van der Waals surface area (Å²) >= 11 is 0. The van der Waals surface area contributed by atoms with Gasteiger partial charge in [0.15, 0.2) is 0 Å². The summed E-state index contributed by atoms with van der Waals surface area (Å²) in [7, 11) is 0. The molecule has 0 saturated carbocycles. The summed E-state index contributed by atoms with van der Waals surface area (Å²) in [6, 6.07) is -0.822. The fourth-order valence-electron chi connectivity index (χ4n) is 9.40. The van der Waals surface area contributed by atoms with Crippen molar-refractivity contribution in [2.75, 3.05) is 6.61 Å². The zero-order chi connectivity index (χ0) is 45.8. The van der Waals surface area contributed by atoms with Gasteiger partial charge < -0.3 is 20.6 Å². The van der Waals surface area contributed by atoms with Gasteiger partial charge in [-0.05, 0) is 38.5 Å². The highest BCUT2D eigenvalue weighted by atomic mass is 16.3. The maximum absolute atomic E-state index is 12.5. The predicted octanol–water partition coefficient (Wildman–Crippen LogP) is 17.9. The molecule has 5 heteroatoms. The van der Waals surface area contributed by atoms with Crippen LogP contribution in [0.15, 0.2) is 12.2 Å². The highest BCUT2D eigenvalue weighted by Crippen LogP contribution is 2.18. The van der Waals surface area contributed by atoms with Crippen LogP contribution in [0.25, 0.3) is 0 Å². The molecule has 0 saturated heterocycles. The fourth-order valence-corrected chi connectivity index (χ4v) is 9.40. The van der Waals surface area contributed by atoms with E-state index >= 15 is 0 Å². The van der Waals surface area contributed by atoms with Crippen LogP contribution < -0.4 is 5.32 Å². The van der Waals surface area contributed by atoms with Gasteiger partial charge in [-0.3, -0.25) is 4.79 Å². The number of hydrogen-bond donors (Lipinski definition) is 4. The maximum atomic E-state index is 12.5. The van der Waals surface area contributed by atoms with Gasteiger partial charge in [0.2, 0.25) is 5.91 Å².